The van der Waals surface area contributed by atoms with Gasteiger partial charge >= 0.3 is 5.97 Å². The Labute approximate surface area is 97.1 Å². The molecule has 84 valence electrons. The predicted molar refractivity (Wildman–Crippen MR) is 64.4 cm³/mol. The van der Waals surface area contributed by atoms with Gasteiger partial charge in [-0.05, 0) is 24.4 Å². The first-order valence-electron chi connectivity index (χ1n) is 5.26. The fourth-order valence-corrected chi connectivity index (χ4v) is 2.03. The van der Waals surface area contributed by atoms with Gasteiger partial charge in [0.2, 0.25) is 0 Å². The molecule has 3 aromatic rings. The highest BCUT2D eigenvalue weighted by Crippen LogP contribution is 2.21. The smallest absolute Gasteiger partial charge is 0.354 e. The van der Waals surface area contributed by atoms with Gasteiger partial charge in [-0.25, -0.2) is 9.78 Å². The van der Waals surface area contributed by atoms with E-state index in [2.05, 4.69) is 4.98 Å². The van der Waals surface area contributed by atoms with Crippen molar-refractivity contribution in [2.24, 2.45) is 0 Å². The second-order valence-electron chi connectivity index (χ2n) is 4.05. The summed E-state index contributed by atoms with van der Waals surface area (Å²) in [5.74, 6) is -0.968. The standard InChI is InChI=1S/C13H10N2O2/c1-8-2-3-9-4-5-15-11(13(16)17)7-14-12(15)10(9)6-8/h2-7H,1H3,(H,16,17). The van der Waals surface area contributed by atoms with Gasteiger partial charge in [0, 0.05) is 11.6 Å². The number of carboxylic acids is 1. The SMILES string of the molecule is Cc1ccc2ccn3c(C(=O)O)cnc3c2c1. The molecule has 0 aliphatic heterocycles. The summed E-state index contributed by atoms with van der Waals surface area (Å²) in [7, 11) is 0. The first-order valence-corrected chi connectivity index (χ1v) is 5.26. The Hall–Kier alpha value is -2.36. The van der Waals surface area contributed by atoms with Crippen molar-refractivity contribution in [3.8, 4) is 0 Å². The molecule has 0 saturated heterocycles. The normalized spacial score (nSPS) is 11.1. The highest BCUT2D eigenvalue weighted by atomic mass is 16.4. The molecule has 2 heterocycles. The average molecular weight is 226 g/mol. The Balaban J connectivity index is 2.48. The second kappa shape index (κ2) is 3.31. The quantitative estimate of drug-likeness (QED) is 0.693. The molecule has 1 N–H and O–H groups in total. The molecular weight excluding hydrogens is 216 g/mol. The maximum absolute atomic E-state index is 11.0. The zero-order chi connectivity index (χ0) is 12.0. The van der Waals surface area contributed by atoms with Crippen molar-refractivity contribution < 1.29 is 9.90 Å². The predicted octanol–water partition coefficient (Wildman–Crippen LogP) is 2.49. The van der Waals surface area contributed by atoms with E-state index in [0.29, 0.717) is 5.65 Å². The number of carboxylic acid groups (broad SMARTS) is 1. The van der Waals surface area contributed by atoms with Gasteiger partial charge in [0.25, 0.3) is 0 Å². The third-order valence-electron chi connectivity index (χ3n) is 2.87. The van der Waals surface area contributed by atoms with E-state index in [1.54, 1.807) is 10.6 Å². The van der Waals surface area contributed by atoms with Crippen molar-refractivity contribution in [2.75, 3.05) is 0 Å². The number of rotatable bonds is 1. The highest BCUT2D eigenvalue weighted by molar-refractivity contribution is 5.96. The Kier molecular flexibility index (Phi) is 1.92. The fraction of sp³-hybridized carbons (Fsp3) is 0.0769. The first-order chi connectivity index (χ1) is 8.16. The molecule has 0 radical (unpaired) electrons. The lowest BCUT2D eigenvalue weighted by Gasteiger charge is -2.02. The van der Waals surface area contributed by atoms with Crippen molar-refractivity contribution in [2.45, 2.75) is 6.92 Å². The molecule has 1 aromatic carbocycles. The number of imidazole rings is 1. The van der Waals surface area contributed by atoms with Gasteiger partial charge < -0.3 is 5.11 Å². The molecule has 0 unspecified atom stereocenters. The van der Waals surface area contributed by atoms with E-state index in [1.807, 2.05) is 31.2 Å². The lowest BCUT2D eigenvalue weighted by Crippen LogP contribution is -2.01. The molecule has 0 amide bonds. The molecule has 0 atom stereocenters. The van der Waals surface area contributed by atoms with Crippen molar-refractivity contribution in [1.82, 2.24) is 9.38 Å². The third-order valence-corrected chi connectivity index (χ3v) is 2.87. The maximum Gasteiger partial charge on any atom is 0.354 e. The molecule has 0 aliphatic rings. The lowest BCUT2D eigenvalue weighted by atomic mass is 10.1. The lowest BCUT2D eigenvalue weighted by molar-refractivity contribution is 0.0689. The Bertz CT molecular complexity index is 744. The molecule has 0 spiro atoms. The summed E-state index contributed by atoms with van der Waals surface area (Å²) in [6.45, 7) is 2.00. The van der Waals surface area contributed by atoms with Crippen molar-refractivity contribution >= 4 is 22.4 Å². The van der Waals surface area contributed by atoms with Crippen LogP contribution in [-0.4, -0.2) is 20.5 Å². The van der Waals surface area contributed by atoms with Gasteiger partial charge in [-0.2, -0.15) is 0 Å². The third kappa shape index (κ3) is 1.38. The van der Waals surface area contributed by atoms with Crippen LogP contribution in [0, 0.1) is 6.92 Å². The Morgan fingerprint density at radius 3 is 2.94 bits per heavy atom. The molecule has 3 rings (SSSR count). The minimum Gasteiger partial charge on any atom is -0.477 e. The minimum atomic E-state index is -0.968. The van der Waals surface area contributed by atoms with Gasteiger partial charge in [0.15, 0.2) is 5.69 Å². The molecule has 17 heavy (non-hydrogen) atoms. The van der Waals surface area contributed by atoms with Crippen LogP contribution in [0.3, 0.4) is 0 Å². The summed E-state index contributed by atoms with van der Waals surface area (Å²) in [4.78, 5) is 15.2. The maximum atomic E-state index is 11.0. The summed E-state index contributed by atoms with van der Waals surface area (Å²) in [6, 6.07) is 7.96. The number of hydrogen-bond donors (Lipinski definition) is 1. The summed E-state index contributed by atoms with van der Waals surface area (Å²) >= 11 is 0. The number of aromatic carboxylic acids is 1. The number of carbonyl (C=O) groups is 1. The summed E-state index contributed by atoms with van der Waals surface area (Å²) in [5, 5.41) is 11.1. The zero-order valence-electron chi connectivity index (χ0n) is 9.21. The molecular formula is C13H10N2O2. The van der Waals surface area contributed by atoms with E-state index in [0.717, 1.165) is 16.3 Å². The number of aryl methyl sites for hydroxylation is 1. The Morgan fingerprint density at radius 1 is 1.35 bits per heavy atom. The van der Waals surface area contributed by atoms with Crippen molar-refractivity contribution in [3.63, 3.8) is 0 Å². The van der Waals surface area contributed by atoms with Crippen molar-refractivity contribution in [3.05, 3.63) is 47.9 Å². The minimum absolute atomic E-state index is 0.184. The van der Waals surface area contributed by atoms with Gasteiger partial charge in [-0.15, -0.1) is 0 Å². The van der Waals surface area contributed by atoms with Gasteiger partial charge in [-0.1, -0.05) is 17.7 Å². The van der Waals surface area contributed by atoms with Crippen LogP contribution in [0.2, 0.25) is 0 Å². The van der Waals surface area contributed by atoms with E-state index in [-0.39, 0.29) is 5.69 Å². The largest absolute Gasteiger partial charge is 0.477 e. The number of nitrogens with zero attached hydrogens (tertiary/aromatic N) is 2. The van der Waals surface area contributed by atoms with Crippen LogP contribution in [-0.2, 0) is 0 Å². The molecule has 4 heteroatoms. The summed E-state index contributed by atoms with van der Waals surface area (Å²) in [5.41, 5.74) is 2.00. The number of pyridine rings is 1. The zero-order valence-corrected chi connectivity index (χ0v) is 9.21. The van der Waals surface area contributed by atoms with E-state index >= 15 is 0 Å². The number of aromatic nitrogens is 2. The molecule has 0 bridgehead atoms. The fourth-order valence-electron chi connectivity index (χ4n) is 2.03. The van der Waals surface area contributed by atoms with Gasteiger partial charge in [-0.3, -0.25) is 4.40 Å². The summed E-state index contributed by atoms with van der Waals surface area (Å²) < 4.78 is 1.60. The average Bonchev–Trinajstić information content (AvgIpc) is 2.72. The monoisotopic (exact) mass is 226 g/mol. The van der Waals surface area contributed by atoms with E-state index < -0.39 is 5.97 Å². The van der Waals surface area contributed by atoms with Gasteiger partial charge in [0.1, 0.15) is 5.65 Å². The first kappa shape index (κ1) is 9.84. The van der Waals surface area contributed by atoms with E-state index in [1.165, 1.54) is 6.20 Å². The van der Waals surface area contributed by atoms with Crippen LogP contribution in [0.15, 0.2) is 36.7 Å². The number of benzene rings is 1. The van der Waals surface area contributed by atoms with Crippen LogP contribution in [0.1, 0.15) is 16.1 Å². The van der Waals surface area contributed by atoms with Crippen LogP contribution in [0.4, 0.5) is 0 Å². The van der Waals surface area contributed by atoms with Crippen LogP contribution >= 0.6 is 0 Å². The number of fused-ring (bicyclic) bond motifs is 3. The van der Waals surface area contributed by atoms with E-state index in [9.17, 15) is 4.79 Å². The number of hydrogen-bond acceptors (Lipinski definition) is 2. The molecule has 0 aliphatic carbocycles. The van der Waals surface area contributed by atoms with Crippen LogP contribution in [0.5, 0.6) is 0 Å². The van der Waals surface area contributed by atoms with E-state index in [4.69, 9.17) is 5.11 Å². The molecule has 0 fully saturated rings. The molecule has 0 saturated carbocycles. The molecule has 2 aromatic heterocycles. The molecule has 4 nitrogen and oxygen atoms in total. The van der Waals surface area contributed by atoms with Crippen molar-refractivity contribution in [1.29, 1.82) is 0 Å². The van der Waals surface area contributed by atoms with Crippen LogP contribution < -0.4 is 0 Å². The van der Waals surface area contributed by atoms with Crippen LogP contribution in [0.25, 0.3) is 16.4 Å². The highest BCUT2D eigenvalue weighted by Gasteiger charge is 2.11. The topological polar surface area (TPSA) is 54.6 Å². The van der Waals surface area contributed by atoms with Gasteiger partial charge in [0.05, 0.1) is 6.20 Å². The Morgan fingerprint density at radius 2 is 2.18 bits per heavy atom. The summed E-state index contributed by atoms with van der Waals surface area (Å²) in [6.07, 6.45) is 3.13. The second-order valence-corrected chi connectivity index (χ2v) is 4.05.